The van der Waals surface area contributed by atoms with Crippen molar-refractivity contribution in [3.8, 4) is 11.8 Å². The zero-order valence-electron chi connectivity index (χ0n) is 10.9. The first-order valence-electron chi connectivity index (χ1n) is 6.07. The lowest BCUT2D eigenvalue weighted by Crippen LogP contribution is -2.45. The highest BCUT2D eigenvalue weighted by Crippen LogP contribution is 2.46. The van der Waals surface area contributed by atoms with Crippen molar-refractivity contribution in [2.24, 2.45) is 11.3 Å². The van der Waals surface area contributed by atoms with Crippen molar-refractivity contribution >= 4 is 11.6 Å². The van der Waals surface area contributed by atoms with Crippen LogP contribution in [0.3, 0.4) is 0 Å². The van der Waals surface area contributed by atoms with Crippen molar-refractivity contribution in [2.75, 3.05) is 12.4 Å². The number of anilines is 1. The first kappa shape index (κ1) is 13.3. The number of carbonyl (C=O) groups is 1. The summed E-state index contributed by atoms with van der Waals surface area (Å²) in [4.78, 5) is 12.2. The van der Waals surface area contributed by atoms with Gasteiger partial charge in [0.1, 0.15) is 17.0 Å². The Morgan fingerprint density at radius 3 is 2.79 bits per heavy atom. The molecule has 1 aromatic rings. The summed E-state index contributed by atoms with van der Waals surface area (Å²) in [5.74, 6) is -0.172. The van der Waals surface area contributed by atoms with Gasteiger partial charge >= 0.3 is 0 Å². The summed E-state index contributed by atoms with van der Waals surface area (Å²) in [5.41, 5.74) is -0.582. The number of nitrogens with one attached hydrogen (secondary N) is 1. The SMILES string of the molecule is COc1cc(F)ccc1NC(=O)C1(C#N)CC(C)C1. The molecule has 0 spiro atoms. The number of rotatable bonds is 3. The summed E-state index contributed by atoms with van der Waals surface area (Å²) in [5, 5.41) is 11.8. The summed E-state index contributed by atoms with van der Waals surface area (Å²) >= 11 is 0. The van der Waals surface area contributed by atoms with Gasteiger partial charge in [-0.05, 0) is 30.9 Å². The minimum absolute atomic E-state index is 0.244. The average molecular weight is 262 g/mol. The third-order valence-electron chi connectivity index (χ3n) is 3.45. The molecule has 0 unspecified atom stereocenters. The molecule has 0 aromatic heterocycles. The Morgan fingerprint density at radius 1 is 1.58 bits per heavy atom. The normalized spacial score (nSPS) is 25.1. The van der Waals surface area contributed by atoms with Crippen molar-refractivity contribution in [2.45, 2.75) is 19.8 Å². The number of ether oxygens (including phenoxy) is 1. The van der Waals surface area contributed by atoms with Gasteiger partial charge in [-0.15, -0.1) is 0 Å². The van der Waals surface area contributed by atoms with E-state index in [4.69, 9.17) is 4.74 Å². The maximum Gasteiger partial charge on any atom is 0.244 e. The number of nitrogens with zero attached hydrogens (tertiary/aromatic N) is 1. The van der Waals surface area contributed by atoms with Crippen LogP contribution >= 0.6 is 0 Å². The van der Waals surface area contributed by atoms with E-state index in [0.717, 1.165) is 0 Å². The molecule has 19 heavy (non-hydrogen) atoms. The van der Waals surface area contributed by atoms with Crippen molar-refractivity contribution in [3.05, 3.63) is 24.0 Å². The standard InChI is InChI=1S/C14H15FN2O2/c1-9-6-14(7-9,8-16)13(18)17-11-4-3-10(15)5-12(11)19-2/h3-5,9H,6-7H2,1-2H3,(H,17,18). The molecule has 1 fully saturated rings. The molecular formula is C14H15FN2O2. The summed E-state index contributed by atoms with van der Waals surface area (Å²) in [6.07, 6.45) is 1.11. The van der Waals surface area contributed by atoms with E-state index in [1.165, 1.54) is 25.3 Å². The fourth-order valence-corrected chi connectivity index (χ4v) is 2.47. The monoisotopic (exact) mass is 262 g/mol. The van der Waals surface area contributed by atoms with Crippen LogP contribution in [0.4, 0.5) is 10.1 Å². The van der Waals surface area contributed by atoms with Gasteiger partial charge in [-0.3, -0.25) is 4.79 Å². The molecule has 0 aliphatic heterocycles. The third kappa shape index (κ3) is 2.39. The summed E-state index contributed by atoms with van der Waals surface area (Å²) in [6.45, 7) is 2.00. The van der Waals surface area contributed by atoms with E-state index in [-0.39, 0.29) is 11.7 Å². The predicted octanol–water partition coefficient (Wildman–Crippen LogP) is 2.71. The molecule has 0 heterocycles. The second kappa shape index (κ2) is 4.88. The van der Waals surface area contributed by atoms with E-state index < -0.39 is 11.2 Å². The van der Waals surface area contributed by atoms with Crippen molar-refractivity contribution in [1.29, 1.82) is 5.26 Å². The lowest BCUT2D eigenvalue weighted by atomic mass is 9.63. The van der Waals surface area contributed by atoms with E-state index in [1.807, 2.05) is 6.92 Å². The average Bonchev–Trinajstić information content (AvgIpc) is 2.36. The number of halogens is 1. The van der Waals surface area contributed by atoms with Crippen LogP contribution in [0.2, 0.25) is 0 Å². The van der Waals surface area contributed by atoms with Crippen molar-refractivity contribution in [3.63, 3.8) is 0 Å². The Morgan fingerprint density at radius 2 is 2.26 bits per heavy atom. The van der Waals surface area contributed by atoms with Crippen LogP contribution < -0.4 is 10.1 Å². The first-order chi connectivity index (χ1) is 9.00. The van der Waals surface area contributed by atoms with Gasteiger partial charge in [0.2, 0.25) is 5.91 Å². The Balaban J connectivity index is 2.18. The minimum atomic E-state index is -0.960. The van der Waals surface area contributed by atoms with Gasteiger partial charge in [0.25, 0.3) is 0 Å². The van der Waals surface area contributed by atoms with Gasteiger partial charge in [0.05, 0.1) is 18.9 Å². The summed E-state index contributed by atoms with van der Waals surface area (Å²) < 4.78 is 18.1. The zero-order chi connectivity index (χ0) is 14.0. The van der Waals surface area contributed by atoms with Crippen LogP contribution in [-0.2, 0) is 4.79 Å². The maximum atomic E-state index is 13.1. The molecule has 2 rings (SSSR count). The predicted molar refractivity (Wildman–Crippen MR) is 68.0 cm³/mol. The number of hydrogen-bond acceptors (Lipinski definition) is 3. The molecule has 1 aliphatic rings. The first-order valence-corrected chi connectivity index (χ1v) is 6.07. The van der Waals surface area contributed by atoms with Crippen LogP contribution in [0.15, 0.2) is 18.2 Å². The van der Waals surface area contributed by atoms with Gasteiger partial charge in [0.15, 0.2) is 0 Å². The molecule has 0 bridgehead atoms. The third-order valence-corrected chi connectivity index (χ3v) is 3.45. The lowest BCUT2D eigenvalue weighted by Gasteiger charge is -2.39. The quantitative estimate of drug-likeness (QED) is 0.911. The van der Waals surface area contributed by atoms with Crippen molar-refractivity contribution < 1.29 is 13.9 Å². The van der Waals surface area contributed by atoms with Gasteiger partial charge < -0.3 is 10.1 Å². The molecular weight excluding hydrogens is 247 g/mol. The highest BCUT2D eigenvalue weighted by Gasteiger charge is 2.49. The van der Waals surface area contributed by atoms with Crippen LogP contribution in [0.5, 0.6) is 5.75 Å². The summed E-state index contributed by atoms with van der Waals surface area (Å²) in [6, 6.07) is 5.95. The molecule has 0 radical (unpaired) electrons. The Labute approximate surface area is 111 Å². The number of methoxy groups -OCH3 is 1. The molecule has 0 atom stereocenters. The highest BCUT2D eigenvalue weighted by molar-refractivity contribution is 5.99. The van der Waals surface area contributed by atoms with Crippen LogP contribution in [-0.4, -0.2) is 13.0 Å². The molecule has 1 aromatic carbocycles. The maximum absolute atomic E-state index is 13.1. The van der Waals surface area contributed by atoms with Gasteiger partial charge in [0, 0.05) is 6.07 Å². The molecule has 1 N–H and O–H groups in total. The van der Waals surface area contributed by atoms with Crippen LogP contribution in [0.25, 0.3) is 0 Å². The molecule has 1 aliphatic carbocycles. The second-order valence-electron chi connectivity index (χ2n) is 5.01. The minimum Gasteiger partial charge on any atom is -0.494 e. The molecule has 5 heteroatoms. The molecule has 100 valence electrons. The number of benzene rings is 1. The zero-order valence-corrected chi connectivity index (χ0v) is 10.9. The Kier molecular flexibility index (Phi) is 3.43. The van der Waals surface area contributed by atoms with Crippen molar-refractivity contribution in [1.82, 2.24) is 0 Å². The number of amides is 1. The molecule has 1 saturated carbocycles. The largest absolute Gasteiger partial charge is 0.494 e. The smallest absolute Gasteiger partial charge is 0.244 e. The lowest BCUT2D eigenvalue weighted by molar-refractivity contribution is -0.128. The topological polar surface area (TPSA) is 62.1 Å². The number of nitriles is 1. The number of hydrogen-bond donors (Lipinski definition) is 1. The molecule has 4 nitrogen and oxygen atoms in total. The fraction of sp³-hybridized carbons (Fsp3) is 0.429. The number of carbonyl (C=O) groups excluding carboxylic acids is 1. The van der Waals surface area contributed by atoms with Crippen LogP contribution in [0.1, 0.15) is 19.8 Å². The van der Waals surface area contributed by atoms with E-state index in [2.05, 4.69) is 11.4 Å². The van der Waals surface area contributed by atoms with E-state index >= 15 is 0 Å². The molecule has 1 amide bonds. The van der Waals surface area contributed by atoms with E-state index in [9.17, 15) is 14.4 Å². The Hall–Kier alpha value is -2.09. The fourth-order valence-electron chi connectivity index (χ4n) is 2.47. The van der Waals surface area contributed by atoms with Gasteiger partial charge in [-0.2, -0.15) is 5.26 Å². The van der Waals surface area contributed by atoms with Gasteiger partial charge in [-0.1, -0.05) is 6.92 Å². The van der Waals surface area contributed by atoms with Crippen LogP contribution in [0, 0.1) is 28.5 Å². The second-order valence-corrected chi connectivity index (χ2v) is 5.01. The van der Waals surface area contributed by atoms with Gasteiger partial charge in [-0.25, -0.2) is 4.39 Å². The van der Waals surface area contributed by atoms with E-state index in [1.54, 1.807) is 0 Å². The Bertz CT molecular complexity index is 545. The molecule has 0 saturated heterocycles. The van der Waals surface area contributed by atoms with E-state index in [0.29, 0.717) is 24.4 Å². The summed E-state index contributed by atoms with van der Waals surface area (Å²) in [7, 11) is 1.40. The highest BCUT2D eigenvalue weighted by atomic mass is 19.1.